The van der Waals surface area contributed by atoms with E-state index in [1.165, 1.54) is 37.4 Å². The third-order valence-corrected chi connectivity index (χ3v) is 3.39. The van der Waals surface area contributed by atoms with E-state index in [9.17, 15) is 23.5 Å². The first-order valence-electron chi connectivity index (χ1n) is 7.74. The number of aromatic hydroxyl groups is 1. The quantitative estimate of drug-likeness (QED) is 0.683. The predicted octanol–water partition coefficient (Wildman–Crippen LogP) is 2.48. The number of nitrogens with one attached hydrogen (secondary N) is 1. The Labute approximate surface area is 153 Å². The molecule has 2 rings (SSSR count). The molecule has 0 unspecified atom stereocenters. The molecule has 0 saturated carbocycles. The van der Waals surface area contributed by atoms with E-state index < -0.39 is 25.1 Å². The lowest BCUT2D eigenvalue weighted by Gasteiger charge is -2.12. The van der Waals surface area contributed by atoms with Crippen molar-refractivity contribution in [2.24, 2.45) is 0 Å². The average Bonchev–Trinajstić information content (AvgIpc) is 2.65. The van der Waals surface area contributed by atoms with Gasteiger partial charge in [-0.1, -0.05) is 18.2 Å². The van der Waals surface area contributed by atoms with E-state index in [1.807, 2.05) is 0 Å². The molecule has 0 saturated heterocycles. The number of carbonyl (C=O) groups excluding carboxylic acids is 2. The van der Waals surface area contributed by atoms with E-state index in [0.29, 0.717) is 5.56 Å². The second kappa shape index (κ2) is 9.37. The lowest BCUT2D eigenvalue weighted by atomic mass is 10.2. The highest BCUT2D eigenvalue weighted by atomic mass is 19.3. The van der Waals surface area contributed by atoms with Crippen molar-refractivity contribution in [3.05, 3.63) is 53.6 Å². The lowest BCUT2D eigenvalue weighted by molar-refractivity contribution is -0.124. The highest BCUT2D eigenvalue weighted by Gasteiger charge is 2.14. The van der Waals surface area contributed by atoms with Gasteiger partial charge < -0.3 is 24.6 Å². The first kappa shape index (κ1) is 20.0. The number of halogens is 2. The summed E-state index contributed by atoms with van der Waals surface area (Å²) in [7, 11) is 1.30. The molecule has 0 aromatic heterocycles. The molecule has 0 spiro atoms. The zero-order valence-electron chi connectivity index (χ0n) is 14.3. The maximum absolute atomic E-state index is 12.3. The normalized spacial score (nSPS) is 10.4. The zero-order chi connectivity index (χ0) is 19.8. The molecule has 0 aliphatic heterocycles. The van der Waals surface area contributed by atoms with Crippen LogP contribution in [0.2, 0.25) is 0 Å². The SMILES string of the molecule is COc1cc(CNC(=O)COC(=O)c2ccccc2O)ccc1OC(F)F. The fourth-order valence-corrected chi connectivity index (χ4v) is 2.12. The van der Waals surface area contributed by atoms with Crippen molar-refractivity contribution < 1.29 is 37.7 Å². The minimum absolute atomic E-state index is 0.0512. The monoisotopic (exact) mass is 381 g/mol. The van der Waals surface area contributed by atoms with Gasteiger partial charge in [0.25, 0.3) is 5.91 Å². The van der Waals surface area contributed by atoms with E-state index in [-0.39, 0.29) is 29.4 Å². The van der Waals surface area contributed by atoms with Crippen molar-refractivity contribution in [1.29, 1.82) is 0 Å². The van der Waals surface area contributed by atoms with Crippen molar-refractivity contribution in [3.63, 3.8) is 0 Å². The van der Waals surface area contributed by atoms with E-state index in [4.69, 9.17) is 9.47 Å². The van der Waals surface area contributed by atoms with Gasteiger partial charge >= 0.3 is 12.6 Å². The molecule has 2 aromatic rings. The summed E-state index contributed by atoms with van der Waals surface area (Å²) in [5, 5.41) is 12.1. The Morgan fingerprint density at radius 1 is 1.15 bits per heavy atom. The number of hydrogen-bond acceptors (Lipinski definition) is 6. The van der Waals surface area contributed by atoms with Crippen LogP contribution in [-0.4, -0.2) is 37.3 Å². The lowest BCUT2D eigenvalue weighted by Crippen LogP contribution is -2.28. The molecule has 0 aliphatic rings. The number of phenolic OH excluding ortho intramolecular Hbond substituents is 1. The number of rotatable bonds is 8. The molecule has 0 aliphatic carbocycles. The Morgan fingerprint density at radius 2 is 1.89 bits per heavy atom. The van der Waals surface area contributed by atoms with Gasteiger partial charge in [0.05, 0.1) is 7.11 Å². The molecule has 1 amide bonds. The molecule has 9 heteroatoms. The number of phenols is 1. The number of para-hydroxylation sites is 1. The summed E-state index contributed by atoms with van der Waals surface area (Å²) in [6.45, 7) is -3.47. The van der Waals surface area contributed by atoms with E-state index in [0.717, 1.165) is 0 Å². The number of carbonyl (C=O) groups is 2. The fourth-order valence-electron chi connectivity index (χ4n) is 2.12. The second-order valence-electron chi connectivity index (χ2n) is 5.23. The van der Waals surface area contributed by atoms with Gasteiger partial charge in [-0.25, -0.2) is 4.79 Å². The van der Waals surface area contributed by atoms with Gasteiger partial charge in [0.15, 0.2) is 18.1 Å². The van der Waals surface area contributed by atoms with Crippen LogP contribution in [0.15, 0.2) is 42.5 Å². The van der Waals surface area contributed by atoms with E-state index in [2.05, 4.69) is 10.1 Å². The summed E-state index contributed by atoms with van der Waals surface area (Å²) in [4.78, 5) is 23.6. The molecule has 0 radical (unpaired) electrons. The van der Waals surface area contributed by atoms with Gasteiger partial charge in [-0.2, -0.15) is 8.78 Å². The number of esters is 1. The number of alkyl halides is 2. The molecule has 0 bridgehead atoms. The standard InChI is InChI=1S/C18H17F2NO6/c1-25-15-8-11(6-7-14(15)27-18(19)20)9-21-16(23)10-26-17(24)12-4-2-3-5-13(12)22/h2-8,18,22H,9-10H2,1H3,(H,21,23). The van der Waals surface area contributed by atoms with E-state index in [1.54, 1.807) is 12.1 Å². The fraction of sp³-hybridized carbons (Fsp3) is 0.222. The first-order valence-corrected chi connectivity index (χ1v) is 7.74. The molecule has 2 N–H and O–H groups in total. The molecular weight excluding hydrogens is 364 g/mol. The first-order chi connectivity index (χ1) is 12.9. The Hall–Kier alpha value is -3.36. The van der Waals surface area contributed by atoms with Crippen LogP contribution in [-0.2, 0) is 16.1 Å². The molecule has 2 aromatic carbocycles. The third-order valence-electron chi connectivity index (χ3n) is 3.39. The van der Waals surface area contributed by atoms with Crippen LogP contribution in [0.5, 0.6) is 17.2 Å². The number of hydrogen-bond donors (Lipinski definition) is 2. The van der Waals surface area contributed by atoms with Crippen LogP contribution in [0.1, 0.15) is 15.9 Å². The van der Waals surface area contributed by atoms with Gasteiger partial charge in [-0.3, -0.25) is 4.79 Å². The van der Waals surface area contributed by atoms with Crippen molar-refractivity contribution in [3.8, 4) is 17.2 Å². The Kier molecular flexibility index (Phi) is 6.93. The van der Waals surface area contributed by atoms with Crippen LogP contribution >= 0.6 is 0 Å². The van der Waals surface area contributed by atoms with Crippen LogP contribution in [0.25, 0.3) is 0 Å². The van der Waals surface area contributed by atoms with Gasteiger partial charge in [0.2, 0.25) is 0 Å². The molecule has 7 nitrogen and oxygen atoms in total. The van der Waals surface area contributed by atoms with Crippen molar-refractivity contribution in [2.75, 3.05) is 13.7 Å². The molecule has 0 fully saturated rings. The largest absolute Gasteiger partial charge is 0.507 e. The topological polar surface area (TPSA) is 94.1 Å². The van der Waals surface area contributed by atoms with Gasteiger partial charge in [-0.05, 0) is 29.8 Å². The Balaban J connectivity index is 1.86. The molecular formula is C18H17F2NO6. The number of methoxy groups -OCH3 is 1. The van der Waals surface area contributed by atoms with Crippen molar-refractivity contribution >= 4 is 11.9 Å². The summed E-state index contributed by atoms with van der Waals surface area (Å²) in [6.07, 6.45) is 0. The summed E-state index contributed by atoms with van der Waals surface area (Å²) < 4.78 is 38.7. The Bertz CT molecular complexity index is 812. The number of benzene rings is 2. The van der Waals surface area contributed by atoms with Crippen molar-refractivity contribution in [2.45, 2.75) is 13.2 Å². The van der Waals surface area contributed by atoms with Gasteiger partial charge in [-0.15, -0.1) is 0 Å². The molecule has 0 heterocycles. The summed E-state index contributed by atoms with van der Waals surface area (Å²) in [5.41, 5.74) is 0.513. The summed E-state index contributed by atoms with van der Waals surface area (Å²) in [6, 6.07) is 10.00. The zero-order valence-corrected chi connectivity index (χ0v) is 14.3. The highest BCUT2D eigenvalue weighted by molar-refractivity contribution is 5.93. The summed E-state index contributed by atoms with van der Waals surface area (Å²) in [5.74, 6) is -1.70. The highest BCUT2D eigenvalue weighted by Crippen LogP contribution is 2.29. The van der Waals surface area contributed by atoms with Crippen LogP contribution in [0.4, 0.5) is 8.78 Å². The van der Waals surface area contributed by atoms with Crippen LogP contribution in [0.3, 0.4) is 0 Å². The minimum Gasteiger partial charge on any atom is -0.507 e. The second-order valence-corrected chi connectivity index (χ2v) is 5.23. The number of amides is 1. The van der Waals surface area contributed by atoms with Gasteiger partial charge in [0, 0.05) is 6.54 Å². The molecule has 27 heavy (non-hydrogen) atoms. The van der Waals surface area contributed by atoms with Gasteiger partial charge in [0.1, 0.15) is 11.3 Å². The maximum atomic E-state index is 12.3. The van der Waals surface area contributed by atoms with Crippen LogP contribution < -0.4 is 14.8 Å². The van der Waals surface area contributed by atoms with E-state index >= 15 is 0 Å². The predicted molar refractivity (Wildman–Crippen MR) is 89.9 cm³/mol. The third kappa shape index (κ3) is 5.84. The summed E-state index contributed by atoms with van der Waals surface area (Å²) >= 11 is 0. The molecule has 0 atom stereocenters. The minimum atomic E-state index is -2.98. The number of ether oxygens (including phenoxy) is 3. The Morgan fingerprint density at radius 3 is 2.56 bits per heavy atom. The molecule has 144 valence electrons. The maximum Gasteiger partial charge on any atom is 0.387 e. The smallest absolute Gasteiger partial charge is 0.387 e. The average molecular weight is 381 g/mol. The van der Waals surface area contributed by atoms with Crippen molar-refractivity contribution in [1.82, 2.24) is 5.32 Å². The van der Waals surface area contributed by atoms with Crippen LogP contribution in [0, 0.1) is 0 Å².